The number of nitrogens with two attached hydrogens (primary N) is 1. The highest BCUT2D eigenvalue weighted by Gasteiger charge is 2.54. The van der Waals surface area contributed by atoms with E-state index in [1.54, 1.807) is 13.8 Å². The van der Waals surface area contributed by atoms with Crippen LogP contribution in [0.3, 0.4) is 0 Å². The molecule has 0 radical (unpaired) electrons. The van der Waals surface area contributed by atoms with Crippen LogP contribution in [0, 0.1) is 13.8 Å². The zero-order valence-electron chi connectivity index (χ0n) is 27.6. The van der Waals surface area contributed by atoms with E-state index in [4.69, 9.17) is 43.2 Å². The number of oxime groups is 1. The molecular formula is C30H24Cl2N8O10S4. The van der Waals surface area contributed by atoms with E-state index >= 15 is 0 Å². The lowest BCUT2D eigenvalue weighted by Crippen LogP contribution is -2.71. The molecule has 1 fully saturated rings. The molecule has 0 saturated carbocycles. The first-order valence-electron chi connectivity index (χ1n) is 15.1. The number of aliphatic carboxylic acids is 1. The number of carbonyl (C=O) groups excluding carboxylic acids is 4. The van der Waals surface area contributed by atoms with Crippen LogP contribution in [-0.2, 0) is 24.0 Å². The molecule has 282 valence electrons. The standard InChI is InChI=1S/C30H24Cl2N8O10S4/c1-11-3-16(48-19(42)6-31)17(49-20(43)7-32)5-15(11)50-38-21(14-10-52-28(33)34-14)24(44)36-22-25(45)39-23(27(46)47)13(8-51-26(22)39)9-53-30-37-40-12(2)4-18(41)35-29(40)54-30/h3-5,10,22,26H,6-9H2,1-2H3,(H2,33,34)(H,36,44)(H,46,47)/t22-,26-/m1/s1. The van der Waals surface area contributed by atoms with Gasteiger partial charge in [-0.1, -0.05) is 28.3 Å². The molecule has 5 heterocycles. The maximum Gasteiger partial charge on any atom is 0.352 e. The lowest BCUT2D eigenvalue weighted by molar-refractivity contribution is -0.150. The van der Waals surface area contributed by atoms with Gasteiger partial charge in [-0.2, -0.15) is 4.98 Å². The van der Waals surface area contributed by atoms with Gasteiger partial charge in [0, 0.05) is 34.7 Å². The molecule has 24 heteroatoms. The van der Waals surface area contributed by atoms with Crippen molar-refractivity contribution in [3.8, 4) is 17.2 Å². The van der Waals surface area contributed by atoms with Gasteiger partial charge in [-0.05, 0) is 31.1 Å². The number of nitrogens with one attached hydrogen (secondary N) is 1. The molecule has 1 aromatic carbocycles. The van der Waals surface area contributed by atoms with Crippen molar-refractivity contribution in [1.29, 1.82) is 0 Å². The third-order valence-electron chi connectivity index (χ3n) is 7.44. The average molecular weight is 856 g/mol. The molecule has 6 rings (SSSR count). The number of nitrogen functional groups attached to an aromatic ring is 1. The van der Waals surface area contributed by atoms with Gasteiger partial charge in [-0.25, -0.2) is 14.3 Å². The Kier molecular flexibility index (Phi) is 11.8. The summed E-state index contributed by atoms with van der Waals surface area (Å²) in [7, 11) is 0. The molecule has 2 amide bonds. The van der Waals surface area contributed by atoms with Crippen molar-refractivity contribution in [3.05, 3.63) is 62.2 Å². The Morgan fingerprint density at radius 1 is 1.07 bits per heavy atom. The van der Waals surface area contributed by atoms with Gasteiger partial charge in [0.1, 0.15) is 34.6 Å². The summed E-state index contributed by atoms with van der Waals surface area (Å²) in [5.74, 6) is -5.60. The number of rotatable bonds is 13. The van der Waals surface area contributed by atoms with Crippen molar-refractivity contribution in [1.82, 2.24) is 29.8 Å². The number of nitrogens with zero attached hydrogens (tertiary/aromatic N) is 6. The Labute approximate surface area is 329 Å². The summed E-state index contributed by atoms with van der Waals surface area (Å²) < 4.78 is 12.4. The normalized spacial score (nSPS) is 16.9. The molecule has 4 N–H and O–H groups in total. The summed E-state index contributed by atoms with van der Waals surface area (Å²) in [5.41, 5.74) is 6.24. The molecule has 54 heavy (non-hydrogen) atoms. The van der Waals surface area contributed by atoms with Gasteiger partial charge in [0.05, 0.1) is 0 Å². The number of carbonyl (C=O) groups is 5. The number of hydrogen-bond acceptors (Lipinski definition) is 18. The first-order valence-corrected chi connectivity index (χ1v) is 19.9. The summed E-state index contributed by atoms with van der Waals surface area (Å²) >= 11 is 15.8. The lowest BCUT2D eigenvalue weighted by Gasteiger charge is -2.49. The zero-order valence-corrected chi connectivity index (χ0v) is 32.3. The van der Waals surface area contributed by atoms with Crippen LogP contribution in [0.2, 0.25) is 0 Å². The highest BCUT2D eigenvalue weighted by molar-refractivity contribution is 8.02. The van der Waals surface area contributed by atoms with Crippen LogP contribution in [-0.4, -0.2) is 99.7 Å². The number of carboxylic acid groups (broad SMARTS) is 1. The van der Waals surface area contributed by atoms with Crippen molar-refractivity contribution >= 4 is 115 Å². The van der Waals surface area contributed by atoms with Crippen molar-refractivity contribution in [2.75, 3.05) is 29.0 Å². The molecule has 18 nitrogen and oxygen atoms in total. The lowest BCUT2D eigenvalue weighted by atomic mass is 10.0. The van der Waals surface area contributed by atoms with Gasteiger partial charge in [0.25, 0.3) is 17.4 Å². The minimum atomic E-state index is -1.32. The number of β-lactam (4-membered cyclic amide) rings is 1. The minimum absolute atomic E-state index is 0.00402. The van der Waals surface area contributed by atoms with E-state index < -0.39 is 58.5 Å². The highest BCUT2D eigenvalue weighted by atomic mass is 35.5. The second kappa shape index (κ2) is 16.3. The van der Waals surface area contributed by atoms with E-state index in [0.29, 0.717) is 26.1 Å². The smallest absolute Gasteiger partial charge is 0.352 e. The number of fused-ring (bicyclic) bond motifs is 2. The van der Waals surface area contributed by atoms with Crippen LogP contribution >= 0.6 is 69.4 Å². The van der Waals surface area contributed by atoms with Crippen LogP contribution in [0.5, 0.6) is 17.2 Å². The van der Waals surface area contributed by atoms with Gasteiger partial charge in [0.2, 0.25) is 4.96 Å². The van der Waals surface area contributed by atoms with Crippen molar-refractivity contribution < 1.29 is 43.4 Å². The predicted octanol–water partition coefficient (Wildman–Crippen LogP) is 2.41. The summed E-state index contributed by atoms with van der Waals surface area (Å²) in [6, 6.07) is 2.72. The molecule has 0 bridgehead atoms. The monoisotopic (exact) mass is 854 g/mol. The molecule has 3 aromatic heterocycles. The number of hydrogen-bond donors (Lipinski definition) is 3. The third kappa shape index (κ3) is 8.17. The number of thioether (sulfide) groups is 2. The van der Waals surface area contributed by atoms with E-state index in [-0.39, 0.29) is 51.0 Å². The number of thiazole rings is 1. The quantitative estimate of drug-likeness (QED) is 0.0332. The third-order valence-corrected chi connectivity index (χ3v) is 12.0. The summed E-state index contributed by atoms with van der Waals surface area (Å²) in [6.07, 6.45) is 0. The molecule has 1 saturated heterocycles. The number of anilines is 1. The Morgan fingerprint density at radius 2 is 1.78 bits per heavy atom. The predicted molar refractivity (Wildman–Crippen MR) is 200 cm³/mol. The Bertz CT molecular complexity index is 2350. The number of benzene rings is 1. The first kappa shape index (κ1) is 39.0. The Balaban J connectivity index is 1.21. The Morgan fingerprint density at radius 3 is 2.43 bits per heavy atom. The van der Waals surface area contributed by atoms with E-state index in [9.17, 15) is 33.9 Å². The van der Waals surface area contributed by atoms with Gasteiger partial charge in [0.15, 0.2) is 32.4 Å². The average Bonchev–Trinajstić information content (AvgIpc) is 3.76. The van der Waals surface area contributed by atoms with Crippen LogP contribution in [0.4, 0.5) is 5.13 Å². The maximum absolute atomic E-state index is 13.7. The summed E-state index contributed by atoms with van der Waals surface area (Å²) in [5, 5.41) is 22.0. The molecule has 2 aliphatic heterocycles. The summed E-state index contributed by atoms with van der Waals surface area (Å²) in [4.78, 5) is 90.4. The van der Waals surface area contributed by atoms with Crippen molar-refractivity contribution in [3.63, 3.8) is 0 Å². The molecule has 2 aliphatic rings. The Hall–Kier alpha value is -4.74. The highest BCUT2D eigenvalue weighted by Crippen LogP contribution is 2.42. The number of halogens is 2. The maximum atomic E-state index is 13.7. The topological polar surface area (TPSA) is 247 Å². The number of aryl methyl sites for hydroxylation is 2. The van der Waals surface area contributed by atoms with Crippen LogP contribution in [0.15, 0.2) is 49.1 Å². The molecular weight excluding hydrogens is 832 g/mol. The minimum Gasteiger partial charge on any atom is -0.477 e. The fraction of sp³-hybridized carbons (Fsp3) is 0.267. The number of carboxylic acids is 1. The SMILES string of the molecule is Cc1cc(OC(=O)CCl)c(OC(=O)CCl)cc1ON=C(C(=O)N[C@@H]1C(=O)N2C(C(=O)O)=C(CSc3nn4c(C)cc(=O)nc4s3)CS[C@H]12)c1csc(N)n1. The van der Waals surface area contributed by atoms with Crippen LogP contribution < -0.4 is 30.9 Å². The number of amides is 2. The second-order valence-electron chi connectivity index (χ2n) is 11.1. The first-order chi connectivity index (χ1) is 25.8. The van der Waals surface area contributed by atoms with Crippen molar-refractivity contribution in [2.45, 2.75) is 29.6 Å². The number of alkyl halides is 2. The van der Waals surface area contributed by atoms with E-state index in [0.717, 1.165) is 16.2 Å². The molecule has 2 atom stereocenters. The fourth-order valence-corrected chi connectivity index (χ4v) is 9.17. The van der Waals surface area contributed by atoms with E-state index in [1.807, 2.05) is 0 Å². The second-order valence-corrected chi connectivity index (χ2v) is 15.8. The zero-order chi connectivity index (χ0) is 38.8. The molecule has 4 aromatic rings. The molecule has 0 aliphatic carbocycles. The van der Waals surface area contributed by atoms with E-state index in [1.165, 1.54) is 63.0 Å². The largest absolute Gasteiger partial charge is 0.477 e. The summed E-state index contributed by atoms with van der Waals surface area (Å²) in [6.45, 7) is 3.27. The molecule has 0 unspecified atom stereocenters. The number of aromatic nitrogens is 4. The fourth-order valence-electron chi connectivity index (χ4n) is 5.04. The van der Waals surface area contributed by atoms with Crippen LogP contribution in [0.25, 0.3) is 4.96 Å². The number of esters is 2. The van der Waals surface area contributed by atoms with E-state index in [2.05, 4.69) is 25.5 Å². The van der Waals surface area contributed by atoms with Gasteiger partial charge < -0.3 is 30.5 Å². The van der Waals surface area contributed by atoms with Gasteiger partial charge in [-0.15, -0.1) is 51.4 Å². The van der Waals surface area contributed by atoms with Gasteiger partial charge >= 0.3 is 17.9 Å². The van der Waals surface area contributed by atoms with Crippen molar-refractivity contribution in [2.24, 2.45) is 5.16 Å². The molecule has 0 spiro atoms. The van der Waals surface area contributed by atoms with Crippen LogP contribution in [0.1, 0.15) is 17.0 Å². The number of ether oxygens (including phenoxy) is 2. The van der Waals surface area contributed by atoms with Gasteiger partial charge in [-0.3, -0.25) is 28.9 Å².